The van der Waals surface area contributed by atoms with E-state index in [0.717, 1.165) is 21.5 Å². The summed E-state index contributed by atoms with van der Waals surface area (Å²) in [6, 6.07) is 6.02. The fraction of sp³-hybridized carbons (Fsp3) is 0. The molecule has 0 aliphatic rings. The van der Waals surface area contributed by atoms with Crippen LogP contribution >= 0.6 is 0 Å². The van der Waals surface area contributed by atoms with Gasteiger partial charge in [0.05, 0.1) is 5.52 Å². The minimum absolute atomic E-state index is 0.679. The predicted molar refractivity (Wildman–Crippen MR) is 62.7 cm³/mol. The van der Waals surface area contributed by atoms with Crippen LogP contribution in [0.15, 0.2) is 18.2 Å². The summed E-state index contributed by atoms with van der Waals surface area (Å²) in [6.45, 7) is 0. The largest absolute Gasteiger partial charge is 0.449 e. The molecule has 1 aromatic carbocycles. The molecule has 2 rings (SSSR count). The highest BCUT2D eigenvalue weighted by molar-refractivity contribution is 6.56. The van der Waals surface area contributed by atoms with Gasteiger partial charge >= 0.3 is 0 Å². The molecule has 14 heavy (non-hydrogen) atoms. The maximum atomic E-state index is 5.55. The molecule has 0 fully saturated rings. The summed E-state index contributed by atoms with van der Waals surface area (Å²) in [7, 11) is -0.605. The first-order valence-electron chi connectivity index (χ1n) is 4.27. The first-order chi connectivity index (χ1) is 6.92. The number of nitrogens with one attached hydrogen (secondary N) is 1. The Balaban J connectivity index is 2.19. The topological polar surface area (TPSA) is 60.0 Å². The molecule has 0 saturated carbocycles. The molecular weight excluding hydrogens is 230 g/mol. The Bertz CT molecular complexity index is 421. The molecule has 1 N–H and O–H groups in total. The Hall–Kier alpha value is -0.809. The van der Waals surface area contributed by atoms with Crippen molar-refractivity contribution in [1.29, 1.82) is 0 Å². The minimum Gasteiger partial charge on any atom is -0.449 e. The number of aromatic nitrogens is 3. The second-order valence-electron chi connectivity index (χ2n) is 2.88. The molecule has 2 aromatic rings. The maximum absolute atomic E-state index is 5.55. The normalized spacial score (nSPS) is 12.9. The van der Waals surface area contributed by atoms with Crippen molar-refractivity contribution in [1.82, 2.24) is 15.4 Å². The summed E-state index contributed by atoms with van der Waals surface area (Å²) in [5, 5.41) is 11.8. The molecule has 0 spiro atoms. The van der Waals surface area contributed by atoms with Gasteiger partial charge in [-0.1, -0.05) is 17.3 Å². The highest BCUT2D eigenvalue weighted by Crippen LogP contribution is 2.02. The van der Waals surface area contributed by atoms with Crippen LogP contribution in [-0.4, -0.2) is 45.7 Å². The predicted octanol–water partition coefficient (Wildman–Crippen LogP) is -3.02. The number of nitrogens with zero attached hydrogens (tertiary/aromatic N) is 2. The molecule has 1 aromatic heterocycles. The second-order valence-corrected chi connectivity index (χ2v) is 8.11. The van der Waals surface area contributed by atoms with E-state index in [1.165, 1.54) is 5.19 Å². The lowest BCUT2D eigenvalue weighted by Gasteiger charge is -2.02. The van der Waals surface area contributed by atoms with Crippen LogP contribution in [0.2, 0.25) is 0 Å². The molecule has 0 atom stereocenters. The van der Waals surface area contributed by atoms with E-state index in [9.17, 15) is 0 Å². The van der Waals surface area contributed by atoms with Crippen LogP contribution in [0, 0.1) is 0 Å². The van der Waals surface area contributed by atoms with Gasteiger partial charge in [-0.25, -0.2) is 0 Å². The summed E-state index contributed by atoms with van der Waals surface area (Å²) >= 11 is 0. The lowest BCUT2D eigenvalue weighted by molar-refractivity contribution is 0.508. The third-order valence-electron chi connectivity index (χ3n) is 1.90. The number of H-pyrrole nitrogens is 1. The summed E-state index contributed by atoms with van der Waals surface area (Å²) in [6.07, 6.45) is 0. The van der Waals surface area contributed by atoms with Crippen molar-refractivity contribution in [3.63, 3.8) is 0 Å². The monoisotopic (exact) mass is 241 g/mol. The van der Waals surface area contributed by atoms with Crippen LogP contribution in [0.5, 0.6) is 0 Å². The SMILES string of the molecule is [SiH3]O[SiH2]O[SiH2]c1cccc2[nH]nnc12. The fourth-order valence-corrected chi connectivity index (χ4v) is 5.29. The number of hydrogen-bond acceptors (Lipinski definition) is 4. The Morgan fingerprint density at radius 1 is 1.43 bits per heavy atom. The number of aromatic amines is 1. The van der Waals surface area contributed by atoms with Gasteiger partial charge in [0.1, 0.15) is 16.0 Å². The third-order valence-corrected chi connectivity index (χ3v) is 5.21. The summed E-state index contributed by atoms with van der Waals surface area (Å²) < 4.78 is 10.7. The molecule has 0 aliphatic heterocycles. The van der Waals surface area contributed by atoms with Crippen LogP contribution in [0.25, 0.3) is 11.0 Å². The van der Waals surface area contributed by atoms with E-state index in [0.29, 0.717) is 0 Å². The van der Waals surface area contributed by atoms with Crippen molar-refractivity contribution < 1.29 is 8.23 Å². The Kier molecular flexibility index (Phi) is 3.21. The highest BCUT2D eigenvalue weighted by Gasteiger charge is 2.04. The number of rotatable bonds is 4. The van der Waals surface area contributed by atoms with Gasteiger partial charge in [0, 0.05) is 0 Å². The van der Waals surface area contributed by atoms with Crippen molar-refractivity contribution in [3.8, 4) is 0 Å². The first kappa shape index (κ1) is 9.73. The van der Waals surface area contributed by atoms with E-state index >= 15 is 0 Å². The summed E-state index contributed by atoms with van der Waals surface area (Å²) in [5.41, 5.74) is 1.92. The Morgan fingerprint density at radius 2 is 2.36 bits per heavy atom. The van der Waals surface area contributed by atoms with Crippen molar-refractivity contribution in [2.75, 3.05) is 0 Å². The van der Waals surface area contributed by atoms with E-state index < -0.39 is 19.8 Å². The minimum atomic E-state index is -0.707. The second kappa shape index (κ2) is 4.61. The van der Waals surface area contributed by atoms with E-state index in [1.807, 2.05) is 12.1 Å². The van der Waals surface area contributed by atoms with Crippen molar-refractivity contribution in [3.05, 3.63) is 18.2 Å². The maximum Gasteiger partial charge on any atom is 0.283 e. The van der Waals surface area contributed by atoms with Gasteiger partial charge in [0.2, 0.25) is 0 Å². The summed E-state index contributed by atoms with van der Waals surface area (Å²) in [4.78, 5) is 0. The van der Waals surface area contributed by atoms with Crippen LogP contribution in [0.4, 0.5) is 0 Å². The van der Waals surface area contributed by atoms with Crippen molar-refractivity contribution in [2.45, 2.75) is 0 Å². The average Bonchev–Trinajstić information content (AvgIpc) is 2.67. The van der Waals surface area contributed by atoms with E-state index in [4.69, 9.17) is 8.23 Å². The molecule has 0 amide bonds. The van der Waals surface area contributed by atoms with Gasteiger partial charge in [-0.15, -0.1) is 5.10 Å². The fourth-order valence-electron chi connectivity index (χ4n) is 1.28. The Morgan fingerprint density at radius 3 is 3.21 bits per heavy atom. The number of fused-ring (bicyclic) bond motifs is 1. The van der Waals surface area contributed by atoms with Gasteiger partial charge in [-0.2, -0.15) is 0 Å². The number of benzene rings is 1. The van der Waals surface area contributed by atoms with E-state index in [-0.39, 0.29) is 0 Å². The molecule has 0 aliphatic carbocycles. The first-order valence-corrected chi connectivity index (χ1v) is 7.52. The highest BCUT2D eigenvalue weighted by atomic mass is 28.3. The van der Waals surface area contributed by atoms with E-state index in [1.54, 1.807) is 0 Å². The van der Waals surface area contributed by atoms with Crippen LogP contribution in [0.1, 0.15) is 0 Å². The van der Waals surface area contributed by atoms with Crippen molar-refractivity contribution in [2.24, 2.45) is 0 Å². The lowest BCUT2D eigenvalue weighted by atomic mass is 10.3. The molecular formula is C6H11N3O2Si3. The van der Waals surface area contributed by atoms with Crippen LogP contribution in [0.3, 0.4) is 0 Å². The molecule has 0 saturated heterocycles. The average molecular weight is 241 g/mol. The van der Waals surface area contributed by atoms with E-state index in [2.05, 4.69) is 21.5 Å². The standard InChI is InChI=1S/C6H11N3O2Si3/c12-10-14-11-13-5-3-1-2-4-6(5)8-9-7-4/h1-3H,13-14H2,12H3,(H,7,8,9). The summed E-state index contributed by atoms with van der Waals surface area (Å²) in [5.74, 6) is 0. The molecule has 0 unspecified atom stereocenters. The Labute approximate surface area is 88.7 Å². The molecule has 0 bridgehead atoms. The van der Waals surface area contributed by atoms with Crippen LogP contribution < -0.4 is 5.19 Å². The molecule has 8 heteroatoms. The molecule has 5 nitrogen and oxygen atoms in total. The smallest absolute Gasteiger partial charge is 0.283 e. The van der Waals surface area contributed by atoms with Gasteiger partial charge in [0.25, 0.3) is 10.0 Å². The quantitative estimate of drug-likeness (QED) is 0.457. The van der Waals surface area contributed by atoms with Gasteiger partial charge in [-0.3, -0.25) is 5.10 Å². The van der Waals surface area contributed by atoms with Gasteiger partial charge in [-0.05, 0) is 11.3 Å². The molecule has 0 radical (unpaired) electrons. The molecule has 74 valence electrons. The zero-order chi connectivity index (χ0) is 9.80. The zero-order valence-corrected chi connectivity index (χ0v) is 12.7. The zero-order valence-electron chi connectivity index (χ0n) is 7.86. The van der Waals surface area contributed by atoms with Gasteiger partial charge < -0.3 is 8.23 Å². The van der Waals surface area contributed by atoms with Gasteiger partial charge in [0.15, 0.2) is 9.76 Å². The lowest BCUT2D eigenvalue weighted by Crippen LogP contribution is -2.21. The third kappa shape index (κ3) is 1.99. The number of hydrogen-bond donors (Lipinski definition) is 1. The van der Waals surface area contributed by atoms with Crippen LogP contribution in [-0.2, 0) is 8.23 Å². The molecule has 1 heterocycles. The van der Waals surface area contributed by atoms with Crippen molar-refractivity contribution >= 4 is 46.5 Å².